The minimum absolute atomic E-state index is 0.285. The third kappa shape index (κ3) is 3.58. The zero-order valence-electron chi connectivity index (χ0n) is 13.1. The summed E-state index contributed by atoms with van der Waals surface area (Å²) in [6, 6.07) is 9.58. The highest BCUT2D eigenvalue weighted by molar-refractivity contribution is 5.32. The van der Waals surface area contributed by atoms with Crippen LogP contribution < -0.4 is 15.8 Å². The normalized spacial score (nSPS) is 33.0. The summed E-state index contributed by atoms with van der Waals surface area (Å²) >= 11 is 0. The standard InChI is InChI=1S/C18H28N2O/c1-13-7-2-4-11-17(13)21-18-12-5-3-9-16(18)20-15-10-6-8-14(15)19/h2,4,7,11,14-16,18,20H,3,5-6,8-10,12,19H2,1H3/t14-,15+,16+,18+/m0/s1. The Morgan fingerprint density at radius 1 is 1.00 bits per heavy atom. The van der Waals surface area contributed by atoms with Gasteiger partial charge in [0.2, 0.25) is 0 Å². The molecule has 3 rings (SSSR count). The maximum atomic E-state index is 6.34. The fraction of sp³-hybridized carbons (Fsp3) is 0.667. The van der Waals surface area contributed by atoms with Gasteiger partial charge < -0.3 is 15.8 Å². The molecule has 3 N–H and O–H groups in total. The van der Waals surface area contributed by atoms with Crippen molar-refractivity contribution >= 4 is 0 Å². The molecule has 4 atom stereocenters. The number of nitrogens with two attached hydrogens (primary N) is 1. The maximum absolute atomic E-state index is 6.34. The van der Waals surface area contributed by atoms with Gasteiger partial charge in [0.25, 0.3) is 0 Å². The van der Waals surface area contributed by atoms with Crippen LogP contribution in [0.2, 0.25) is 0 Å². The Hall–Kier alpha value is -1.06. The number of para-hydroxylation sites is 1. The van der Waals surface area contributed by atoms with E-state index in [0.717, 1.165) is 18.6 Å². The lowest BCUT2D eigenvalue weighted by atomic mass is 9.91. The van der Waals surface area contributed by atoms with Crippen LogP contribution in [0, 0.1) is 6.92 Å². The smallest absolute Gasteiger partial charge is 0.122 e. The highest BCUT2D eigenvalue weighted by atomic mass is 16.5. The Bertz CT molecular complexity index is 462. The van der Waals surface area contributed by atoms with Crippen molar-refractivity contribution < 1.29 is 4.74 Å². The van der Waals surface area contributed by atoms with E-state index in [-0.39, 0.29) is 6.10 Å². The minimum atomic E-state index is 0.285. The lowest BCUT2D eigenvalue weighted by Crippen LogP contribution is -2.53. The summed E-state index contributed by atoms with van der Waals surface area (Å²) in [6.45, 7) is 2.12. The Morgan fingerprint density at radius 2 is 1.76 bits per heavy atom. The van der Waals surface area contributed by atoms with Crippen LogP contribution in [0.25, 0.3) is 0 Å². The first-order valence-corrected chi connectivity index (χ1v) is 8.48. The first kappa shape index (κ1) is 14.9. The lowest BCUT2D eigenvalue weighted by Gasteiger charge is -2.35. The van der Waals surface area contributed by atoms with Gasteiger partial charge in [0.05, 0.1) is 0 Å². The van der Waals surface area contributed by atoms with E-state index in [9.17, 15) is 0 Å². The van der Waals surface area contributed by atoms with Crippen LogP contribution in [0.5, 0.6) is 5.75 Å². The predicted octanol–water partition coefficient (Wildman–Crippen LogP) is 3.15. The second-order valence-corrected chi connectivity index (χ2v) is 6.68. The zero-order chi connectivity index (χ0) is 14.7. The number of aryl methyl sites for hydroxylation is 1. The van der Waals surface area contributed by atoms with Crippen molar-refractivity contribution in [1.29, 1.82) is 0 Å². The van der Waals surface area contributed by atoms with Crippen molar-refractivity contribution in [2.45, 2.75) is 76.1 Å². The molecule has 0 radical (unpaired) electrons. The molecule has 0 heterocycles. The summed E-state index contributed by atoms with van der Waals surface area (Å²) < 4.78 is 6.34. The Morgan fingerprint density at radius 3 is 2.52 bits per heavy atom. The van der Waals surface area contributed by atoms with Crippen LogP contribution in [0.1, 0.15) is 50.5 Å². The van der Waals surface area contributed by atoms with E-state index in [1.807, 2.05) is 0 Å². The molecule has 1 aromatic rings. The van der Waals surface area contributed by atoms with Gasteiger partial charge in [-0.1, -0.05) is 31.0 Å². The fourth-order valence-corrected chi connectivity index (χ4v) is 3.75. The summed E-state index contributed by atoms with van der Waals surface area (Å²) in [5, 5.41) is 3.81. The van der Waals surface area contributed by atoms with Gasteiger partial charge in [-0.15, -0.1) is 0 Å². The van der Waals surface area contributed by atoms with Gasteiger partial charge in [0, 0.05) is 18.1 Å². The molecular formula is C18H28N2O. The van der Waals surface area contributed by atoms with Crippen molar-refractivity contribution in [2.24, 2.45) is 5.73 Å². The van der Waals surface area contributed by atoms with Crippen LogP contribution in [0.4, 0.5) is 0 Å². The molecule has 2 saturated carbocycles. The molecule has 0 aromatic heterocycles. The Balaban J connectivity index is 1.65. The molecule has 0 aliphatic heterocycles. The molecule has 0 unspecified atom stereocenters. The summed E-state index contributed by atoms with van der Waals surface area (Å²) in [4.78, 5) is 0. The molecule has 2 aliphatic carbocycles. The zero-order valence-corrected chi connectivity index (χ0v) is 13.1. The van der Waals surface area contributed by atoms with E-state index in [1.165, 1.54) is 37.7 Å². The quantitative estimate of drug-likeness (QED) is 0.894. The molecule has 116 valence electrons. The van der Waals surface area contributed by atoms with E-state index in [4.69, 9.17) is 10.5 Å². The molecule has 3 heteroatoms. The van der Waals surface area contributed by atoms with Crippen LogP contribution >= 0.6 is 0 Å². The lowest BCUT2D eigenvalue weighted by molar-refractivity contribution is 0.105. The van der Waals surface area contributed by atoms with Crippen LogP contribution in [0.15, 0.2) is 24.3 Å². The second kappa shape index (κ2) is 6.80. The van der Waals surface area contributed by atoms with Gasteiger partial charge in [-0.25, -0.2) is 0 Å². The van der Waals surface area contributed by atoms with E-state index in [2.05, 4.69) is 36.5 Å². The van der Waals surface area contributed by atoms with Crippen LogP contribution in [-0.4, -0.2) is 24.2 Å². The molecule has 0 saturated heterocycles. The molecule has 0 spiro atoms. The van der Waals surface area contributed by atoms with E-state index >= 15 is 0 Å². The second-order valence-electron chi connectivity index (χ2n) is 6.68. The summed E-state index contributed by atoms with van der Waals surface area (Å²) in [6.07, 6.45) is 8.84. The Kier molecular flexibility index (Phi) is 4.81. The minimum Gasteiger partial charge on any atom is -0.489 e. The molecule has 0 bridgehead atoms. The van der Waals surface area contributed by atoms with Crippen molar-refractivity contribution in [3.05, 3.63) is 29.8 Å². The highest BCUT2D eigenvalue weighted by Gasteiger charge is 2.32. The third-order valence-electron chi connectivity index (χ3n) is 5.07. The monoisotopic (exact) mass is 288 g/mol. The molecule has 2 aliphatic rings. The molecule has 2 fully saturated rings. The summed E-state index contributed by atoms with van der Waals surface area (Å²) in [7, 11) is 0. The molecular weight excluding hydrogens is 260 g/mol. The van der Waals surface area contributed by atoms with Crippen molar-refractivity contribution in [3.63, 3.8) is 0 Å². The van der Waals surface area contributed by atoms with Gasteiger partial charge in [0.1, 0.15) is 11.9 Å². The average molecular weight is 288 g/mol. The topological polar surface area (TPSA) is 47.3 Å². The molecule has 1 aromatic carbocycles. The van der Waals surface area contributed by atoms with E-state index in [1.54, 1.807) is 0 Å². The van der Waals surface area contributed by atoms with E-state index < -0.39 is 0 Å². The van der Waals surface area contributed by atoms with Gasteiger partial charge in [-0.3, -0.25) is 0 Å². The number of hydrogen-bond donors (Lipinski definition) is 2. The first-order valence-electron chi connectivity index (χ1n) is 8.48. The third-order valence-corrected chi connectivity index (χ3v) is 5.07. The Labute approximate surface area is 128 Å². The first-order chi connectivity index (χ1) is 10.2. The van der Waals surface area contributed by atoms with Crippen molar-refractivity contribution in [1.82, 2.24) is 5.32 Å². The summed E-state index contributed by atoms with van der Waals surface area (Å²) in [5.41, 5.74) is 7.44. The number of rotatable bonds is 4. The average Bonchev–Trinajstić information content (AvgIpc) is 2.89. The maximum Gasteiger partial charge on any atom is 0.122 e. The van der Waals surface area contributed by atoms with Crippen molar-refractivity contribution in [2.75, 3.05) is 0 Å². The summed E-state index contributed by atoms with van der Waals surface area (Å²) in [5.74, 6) is 1.03. The molecule has 21 heavy (non-hydrogen) atoms. The fourth-order valence-electron chi connectivity index (χ4n) is 3.75. The van der Waals surface area contributed by atoms with Crippen LogP contribution in [-0.2, 0) is 0 Å². The largest absolute Gasteiger partial charge is 0.489 e. The van der Waals surface area contributed by atoms with Gasteiger partial charge in [-0.2, -0.15) is 0 Å². The highest BCUT2D eigenvalue weighted by Crippen LogP contribution is 2.28. The van der Waals surface area contributed by atoms with Gasteiger partial charge in [-0.05, 0) is 50.7 Å². The van der Waals surface area contributed by atoms with Crippen LogP contribution in [0.3, 0.4) is 0 Å². The predicted molar refractivity (Wildman–Crippen MR) is 86.6 cm³/mol. The molecule has 3 nitrogen and oxygen atoms in total. The van der Waals surface area contributed by atoms with Crippen molar-refractivity contribution in [3.8, 4) is 5.75 Å². The number of nitrogens with one attached hydrogen (secondary N) is 1. The van der Waals surface area contributed by atoms with Gasteiger partial charge in [0.15, 0.2) is 0 Å². The number of benzene rings is 1. The van der Waals surface area contributed by atoms with E-state index in [0.29, 0.717) is 18.1 Å². The molecule has 0 amide bonds. The number of hydrogen-bond acceptors (Lipinski definition) is 3. The SMILES string of the molecule is Cc1ccccc1O[C@@H]1CCCC[C@H]1N[C@@H]1CCC[C@@H]1N. The van der Waals surface area contributed by atoms with Gasteiger partial charge >= 0.3 is 0 Å². The number of ether oxygens (including phenoxy) is 1.